The minimum absolute atomic E-state index is 0.147. The van der Waals surface area contributed by atoms with Gasteiger partial charge in [0.2, 0.25) is 5.91 Å². The van der Waals surface area contributed by atoms with Crippen molar-refractivity contribution in [2.24, 2.45) is 5.92 Å². The lowest BCUT2D eigenvalue weighted by Gasteiger charge is -2.32. The third-order valence-electron chi connectivity index (χ3n) is 5.39. The molecule has 1 aliphatic heterocycles. The van der Waals surface area contributed by atoms with Crippen LogP contribution in [0.15, 0.2) is 30.3 Å². The maximum Gasteiger partial charge on any atom is 0.407 e. The summed E-state index contributed by atoms with van der Waals surface area (Å²) in [7, 11) is 0. The summed E-state index contributed by atoms with van der Waals surface area (Å²) < 4.78 is 6.72. The molecule has 1 aliphatic rings. The van der Waals surface area contributed by atoms with Gasteiger partial charge in [0.05, 0.1) is 22.9 Å². The number of rotatable bonds is 6. The molecule has 1 fully saturated rings. The number of hydrogen-bond donors (Lipinski definition) is 2. The van der Waals surface area contributed by atoms with Gasteiger partial charge in [-0.2, -0.15) is 5.10 Å². The smallest absolute Gasteiger partial charge is 0.407 e. The van der Waals surface area contributed by atoms with Crippen molar-refractivity contribution in [2.75, 3.05) is 26.2 Å². The highest BCUT2D eigenvalue weighted by Crippen LogP contribution is 2.27. The first-order valence-corrected chi connectivity index (χ1v) is 11.8. The molecule has 0 saturated carbocycles. The Morgan fingerprint density at radius 3 is 2.50 bits per heavy atom. The fourth-order valence-corrected chi connectivity index (χ4v) is 4.18. The molecule has 1 unspecified atom stereocenters. The van der Waals surface area contributed by atoms with Crippen molar-refractivity contribution in [2.45, 2.75) is 46.1 Å². The highest BCUT2D eigenvalue weighted by atomic mass is 35.5. The van der Waals surface area contributed by atoms with E-state index in [9.17, 15) is 14.4 Å². The second-order valence-electron chi connectivity index (χ2n) is 9.31. The van der Waals surface area contributed by atoms with Gasteiger partial charge in [0.25, 0.3) is 5.91 Å². The molecule has 1 aromatic carbocycles. The SMILES string of the molecule is Cc1nn(-c2ccccc2)c(Cl)c1C(=O)N1CCCC(C(=O)NCCNC(=O)OC(C)(C)C)C1. The fraction of sp³-hybridized carbons (Fsp3) is 0.500. The average Bonchev–Trinajstić information content (AvgIpc) is 3.09. The van der Waals surface area contributed by atoms with Gasteiger partial charge in [-0.05, 0) is 52.7 Å². The molecule has 1 aromatic heterocycles. The Balaban J connectivity index is 1.56. The molecule has 1 atom stereocenters. The zero-order valence-corrected chi connectivity index (χ0v) is 20.8. The molecule has 0 bridgehead atoms. The minimum Gasteiger partial charge on any atom is -0.444 e. The molecule has 34 heavy (non-hydrogen) atoms. The number of amides is 3. The van der Waals surface area contributed by atoms with Gasteiger partial charge in [0.1, 0.15) is 10.8 Å². The minimum atomic E-state index is -0.579. The number of nitrogens with one attached hydrogen (secondary N) is 2. The van der Waals surface area contributed by atoms with Crippen LogP contribution in [0, 0.1) is 12.8 Å². The normalized spacial score (nSPS) is 16.1. The van der Waals surface area contributed by atoms with Crippen LogP contribution in [0.25, 0.3) is 5.69 Å². The average molecular weight is 490 g/mol. The number of aromatic nitrogens is 2. The van der Waals surface area contributed by atoms with Crippen LogP contribution in [0.3, 0.4) is 0 Å². The number of benzene rings is 1. The summed E-state index contributed by atoms with van der Waals surface area (Å²) in [6.45, 7) is 8.49. The van der Waals surface area contributed by atoms with Gasteiger partial charge >= 0.3 is 6.09 Å². The first-order chi connectivity index (χ1) is 16.1. The largest absolute Gasteiger partial charge is 0.444 e. The van der Waals surface area contributed by atoms with Gasteiger partial charge in [-0.25, -0.2) is 9.48 Å². The molecule has 0 spiro atoms. The van der Waals surface area contributed by atoms with Crippen molar-refractivity contribution >= 4 is 29.5 Å². The molecule has 0 radical (unpaired) electrons. The van der Waals surface area contributed by atoms with Crippen LogP contribution in [-0.4, -0.2) is 64.4 Å². The third kappa shape index (κ3) is 6.50. The van der Waals surface area contributed by atoms with E-state index in [1.165, 1.54) is 0 Å². The number of halogens is 1. The first kappa shape index (κ1) is 25.6. The number of nitrogens with zero attached hydrogens (tertiary/aromatic N) is 3. The van der Waals surface area contributed by atoms with Crippen molar-refractivity contribution < 1.29 is 19.1 Å². The summed E-state index contributed by atoms with van der Waals surface area (Å²) >= 11 is 6.56. The van der Waals surface area contributed by atoms with E-state index >= 15 is 0 Å². The number of carbonyl (C=O) groups excluding carboxylic acids is 3. The molecule has 10 heteroatoms. The van der Waals surface area contributed by atoms with E-state index in [0.29, 0.717) is 37.2 Å². The predicted octanol–water partition coefficient (Wildman–Crippen LogP) is 3.33. The molecule has 0 aliphatic carbocycles. The Morgan fingerprint density at radius 2 is 1.82 bits per heavy atom. The highest BCUT2D eigenvalue weighted by Gasteiger charge is 2.32. The molecule has 3 rings (SSSR count). The standard InChI is InChI=1S/C24H32ClN5O4/c1-16-19(20(25)30(28-16)18-10-6-5-7-11-18)22(32)29-14-8-9-17(15-29)21(31)26-12-13-27-23(33)34-24(2,3)4/h5-7,10-11,17H,8-9,12-15H2,1-4H3,(H,26,31)(H,27,33). The van der Waals surface area contributed by atoms with Crippen LogP contribution >= 0.6 is 11.6 Å². The topological polar surface area (TPSA) is 106 Å². The number of hydrogen-bond acceptors (Lipinski definition) is 5. The summed E-state index contributed by atoms with van der Waals surface area (Å²) in [5.74, 6) is -0.706. The Kier molecular flexibility index (Phi) is 8.19. The summed E-state index contributed by atoms with van der Waals surface area (Å²) in [5, 5.41) is 10.1. The van der Waals surface area contributed by atoms with Crippen LogP contribution < -0.4 is 10.6 Å². The first-order valence-electron chi connectivity index (χ1n) is 11.4. The van der Waals surface area contributed by atoms with Gasteiger partial charge in [-0.1, -0.05) is 29.8 Å². The maximum absolute atomic E-state index is 13.3. The number of ether oxygens (including phenoxy) is 1. The lowest BCUT2D eigenvalue weighted by atomic mass is 9.96. The fourth-order valence-electron chi connectivity index (χ4n) is 3.82. The van der Waals surface area contributed by atoms with E-state index < -0.39 is 11.7 Å². The van der Waals surface area contributed by atoms with Crippen LogP contribution in [0.2, 0.25) is 5.15 Å². The van der Waals surface area contributed by atoms with E-state index in [-0.39, 0.29) is 36.0 Å². The lowest BCUT2D eigenvalue weighted by Crippen LogP contribution is -2.46. The molecular formula is C24H32ClN5O4. The van der Waals surface area contributed by atoms with Crippen molar-refractivity contribution in [3.05, 3.63) is 46.7 Å². The van der Waals surface area contributed by atoms with Crippen LogP contribution in [0.4, 0.5) is 4.79 Å². The Morgan fingerprint density at radius 1 is 1.15 bits per heavy atom. The lowest BCUT2D eigenvalue weighted by molar-refractivity contribution is -0.126. The van der Waals surface area contributed by atoms with Crippen molar-refractivity contribution in [3.63, 3.8) is 0 Å². The van der Waals surface area contributed by atoms with E-state index in [2.05, 4.69) is 15.7 Å². The van der Waals surface area contributed by atoms with Crippen molar-refractivity contribution in [3.8, 4) is 5.69 Å². The third-order valence-corrected chi connectivity index (χ3v) is 5.74. The van der Waals surface area contributed by atoms with Crippen molar-refractivity contribution in [1.29, 1.82) is 0 Å². The Labute approximate surface area is 204 Å². The van der Waals surface area contributed by atoms with E-state index in [0.717, 1.165) is 5.69 Å². The number of aryl methyl sites for hydroxylation is 1. The molecular weight excluding hydrogens is 458 g/mol. The van der Waals surface area contributed by atoms with E-state index in [4.69, 9.17) is 16.3 Å². The summed E-state index contributed by atoms with van der Waals surface area (Å²) in [6.07, 6.45) is 0.869. The monoisotopic (exact) mass is 489 g/mol. The molecule has 1 saturated heterocycles. The zero-order valence-electron chi connectivity index (χ0n) is 20.1. The van der Waals surface area contributed by atoms with Gasteiger partial charge in [-0.3, -0.25) is 9.59 Å². The van der Waals surface area contributed by atoms with Crippen molar-refractivity contribution in [1.82, 2.24) is 25.3 Å². The van der Waals surface area contributed by atoms with Gasteiger partial charge in [0, 0.05) is 26.2 Å². The summed E-state index contributed by atoms with van der Waals surface area (Å²) in [4.78, 5) is 39.3. The molecule has 2 N–H and O–H groups in total. The molecule has 3 amide bonds. The highest BCUT2D eigenvalue weighted by molar-refractivity contribution is 6.33. The quantitative estimate of drug-likeness (QED) is 0.605. The van der Waals surface area contributed by atoms with Crippen LogP contribution in [-0.2, 0) is 9.53 Å². The molecule has 184 valence electrons. The number of alkyl carbamates (subject to hydrolysis) is 1. The van der Waals surface area contributed by atoms with E-state index in [1.54, 1.807) is 37.3 Å². The number of carbonyl (C=O) groups is 3. The van der Waals surface area contributed by atoms with E-state index in [1.807, 2.05) is 30.3 Å². The summed E-state index contributed by atoms with van der Waals surface area (Å²) in [5.41, 5.74) is 1.09. The van der Waals surface area contributed by atoms with Gasteiger partial charge < -0.3 is 20.3 Å². The van der Waals surface area contributed by atoms with Crippen LogP contribution in [0.5, 0.6) is 0 Å². The number of piperidine rings is 1. The zero-order chi connectivity index (χ0) is 24.9. The predicted molar refractivity (Wildman–Crippen MR) is 129 cm³/mol. The summed E-state index contributed by atoms with van der Waals surface area (Å²) in [6, 6.07) is 9.38. The Bertz CT molecular complexity index is 1030. The molecule has 9 nitrogen and oxygen atoms in total. The van der Waals surface area contributed by atoms with Gasteiger partial charge in [-0.15, -0.1) is 0 Å². The molecule has 2 heterocycles. The van der Waals surface area contributed by atoms with Crippen LogP contribution in [0.1, 0.15) is 49.7 Å². The van der Waals surface area contributed by atoms with Gasteiger partial charge in [0.15, 0.2) is 0 Å². The maximum atomic E-state index is 13.3. The second kappa shape index (κ2) is 10.9. The Hall–Kier alpha value is -3.07. The second-order valence-corrected chi connectivity index (χ2v) is 9.67. The number of para-hydroxylation sites is 1. The number of likely N-dealkylation sites (tertiary alicyclic amines) is 1. The molecule has 2 aromatic rings.